The van der Waals surface area contributed by atoms with Gasteiger partial charge in [0.1, 0.15) is 0 Å². The predicted molar refractivity (Wildman–Crippen MR) is 205 cm³/mol. The van der Waals surface area contributed by atoms with Gasteiger partial charge in [-0.2, -0.15) is 0 Å². The van der Waals surface area contributed by atoms with Crippen molar-refractivity contribution >= 4 is 43.6 Å². The van der Waals surface area contributed by atoms with Gasteiger partial charge in [-0.25, -0.2) is 4.98 Å². The highest BCUT2D eigenvalue weighted by Crippen LogP contribution is 2.38. The van der Waals surface area contributed by atoms with Crippen LogP contribution in [0, 0.1) is 0 Å². The van der Waals surface area contributed by atoms with E-state index in [4.69, 9.17) is 4.98 Å². The van der Waals surface area contributed by atoms with Crippen LogP contribution in [0.4, 0.5) is 0 Å². The normalized spacial score (nSPS) is 11.6. The molecule has 5 heteroatoms. The summed E-state index contributed by atoms with van der Waals surface area (Å²) in [5.74, 6) is 0. The van der Waals surface area contributed by atoms with Crippen LogP contribution >= 0.6 is 0 Å². The number of aromatic nitrogens is 5. The third kappa shape index (κ3) is 4.52. The fourth-order valence-corrected chi connectivity index (χ4v) is 7.41. The number of para-hydroxylation sites is 4. The molecule has 5 aromatic carbocycles. The molecule has 0 unspecified atom stereocenters. The minimum atomic E-state index is 0.796. The Balaban J connectivity index is 1.31. The summed E-state index contributed by atoms with van der Waals surface area (Å²) in [6.45, 7) is 0. The molecule has 0 spiro atoms. The van der Waals surface area contributed by atoms with Gasteiger partial charge < -0.3 is 9.13 Å². The third-order valence-electron chi connectivity index (χ3n) is 9.59. The zero-order valence-corrected chi connectivity index (χ0v) is 27.0. The molecule has 50 heavy (non-hydrogen) atoms. The summed E-state index contributed by atoms with van der Waals surface area (Å²) in [4.78, 5) is 14.4. The molecule has 5 nitrogen and oxygen atoms in total. The molecule has 234 valence electrons. The molecule has 10 rings (SSSR count). The van der Waals surface area contributed by atoms with Crippen LogP contribution in [0.1, 0.15) is 0 Å². The monoisotopic (exact) mass is 639 g/mol. The Hall–Kier alpha value is -6.85. The van der Waals surface area contributed by atoms with Crippen molar-refractivity contribution in [3.05, 3.63) is 176 Å². The lowest BCUT2D eigenvalue weighted by molar-refractivity contribution is 1.13. The lowest BCUT2D eigenvalue weighted by Crippen LogP contribution is -2.00. The first-order valence-electron chi connectivity index (χ1n) is 16.8. The average Bonchev–Trinajstić information content (AvgIpc) is 3.71. The summed E-state index contributed by atoms with van der Waals surface area (Å²) >= 11 is 0. The van der Waals surface area contributed by atoms with Crippen LogP contribution in [0.5, 0.6) is 0 Å². The molecule has 0 atom stereocenters. The first kappa shape index (κ1) is 28.2. The van der Waals surface area contributed by atoms with Gasteiger partial charge >= 0.3 is 0 Å². The zero-order chi connectivity index (χ0) is 33.0. The quantitative estimate of drug-likeness (QED) is 0.188. The molecule has 0 aliphatic carbocycles. The predicted octanol–water partition coefficient (Wildman–Crippen LogP) is 11.1. The molecular formula is C45H29N5. The fourth-order valence-electron chi connectivity index (χ4n) is 7.41. The fraction of sp³-hybridized carbons (Fsp3) is 0. The second-order valence-corrected chi connectivity index (χ2v) is 12.5. The maximum atomic E-state index is 5.07. The van der Waals surface area contributed by atoms with Crippen LogP contribution < -0.4 is 0 Å². The van der Waals surface area contributed by atoms with Crippen LogP contribution in [0.3, 0.4) is 0 Å². The molecule has 0 aliphatic heterocycles. The summed E-state index contributed by atoms with van der Waals surface area (Å²) in [5.41, 5.74) is 12.1. The molecular weight excluding hydrogens is 611 g/mol. The molecule has 0 saturated heterocycles. The van der Waals surface area contributed by atoms with Crippen molar-refractivity contribution in [1.29, 1.82) is 0 Å². The molecule has 0 N–H and O–H groups in total. The van der Waals surface area contributed by atoms with Gasteiger partial charge in [0.05, 0.1) is 44.8 Å². The Morgan fingerprint density at radius 3 is 1.06 bits per heavy atom. The minimum absolute atomic E-state index is 0.796. The summed E-state index contributed by atoms with van der Waals surface area (Å²) in [7, 11) is 0. The van der Waals surface area contributed by atoms with Crippen LogP contribution in [0.2, 0.25) is 0 Å². The van der Waals surface area contributed by atoms with E-state index in [2.05, 4.69) is 146 Å². The van der Waals surface area contributed by atoms with Crippen molar-refractivity contribution in [2.24, 2.45) is 0 Å². The maximum absolute atomic E-state index is 5.07. The van der Waals surface area contributed by atoms with Gasteiger partial charge in [0.25, 0.3) is 0 Å². The SMILES string of the molecule is c1ccc(-c2cc(-c3cc(-n4c5ccccc5c5ccccc54)cc(-n4c5ccccc5c5ccccc54)c3)cc(-c3ccccn3)n2)nc1. The molecule has 0 fully saturated rings. The highest BCUT2D eigenvalue weighted by atomic mass is 15.0. The van der Waals surface area contributed by atoms with Crippen molar-refractivity contribution in [3.8, 4) is 45.3 Å². The molecule has 0 bridgehead atoms. The summed E-state index contributed by atoms with van der Waals surface area (Å²) in [5, 5.41) is 4.91. The van der Waals surface area contributed by atoms with E-state index in [1.807, 2.05) is 48.8 Å². The Morgan fingerprint density at radius 1 is 0.320 bits per heavy atom. The van der Waals surface area contributed by atoms with Crippen LogP contribution in [-0.4, -0.2) is 24.1 Å². The molecule has 0 aliphatic rings. The Labute approximate surface area is 288 Å². The Morgan fingerprint density at radius 2 is 0.680 bits per heavy atom. The highest BCUT2D eigenvalue weighted by molar-refractivity contribution is 6.10. The first-order valence-corrected chi connectivity index (χ1v) is 16.8. The van der Waals surface area contributed by atoms with Crippen molar-refractivity contribution in [2.45, 2.75) is 0 Å². The van der Waals surface area contributed by atoms with Gasteiger partial charge in [-0.1, -0.05) is 84.9 Å². The van der Waals surface area contributed by atoms with Gasteiger partial charge in [0.2, 0.25) is 0 Å². The van der Waals surface area contributed by atoms with E-state index >= 15 is 0 Å². The van der Waals surface area contributed by atoms with Gasteiger partial charge in [0.15, 0.2) is 0 Å². The lowest BCUT2D eigenvalue weighted by atomic mass is 10.0. The van der Waals surface area contributed by atoms with Gasteiger partial charge in [-0.3, -0.25) is 9.97 Å². The molecule has 0 amide bonds. The van der Waals surface area contributed by atoms with Gasteiger partial charge in [-0.15, -0.1) is 0 Å². The second kappa shape index (κ2) is 11.4. The van der Waals surface area contributed by atoms with E-state index in [0.717, 1.165) is 67.3 Å². The zero-order valence-electron chi connectivity index (χ0n) is 27.0. The topological polar surface area (TPSA) is 48.5 Å². The molecule has 0 saturated carbocycles. The Bertz CT molecular complexity index is 2570. The minimum Gasteiger partial charge on any atom is -0.309 e. The summed E-state index contributed by atoms with van der Waals surface area (Å²) in [6, 6.07) is 57.8. The average molecular weight is 640 g/mol. The van der Waals surface area contributed by atoms with Crippen molar-refractivity contribution < 1.29 is 0 Å². The number of hydrogen-bond donors (Lipinski definition) is 0. The first-order chi connectivity index (χ1) is 24.8. The largest absolute Gasteiger partial charge is 0.309 e. The van der Waals surface area contributed by atoms with E-state index < -0.39 is 0 Å². The van der Waals surface area contributed by atoms with E-state index in [9.17, 15) is 0 Å². The maximum Gasteiger partial charge on any atom is 0.0900 e. The van der Waals surface area contributed by atoms with Crippen LogP contribution in [0.25, 0.3) is 88.9 Å². The van der Waals surface area contributed by atoms with Crippen molar-refractivity contribution in [3.63, 3.8) is 0 Å². The third-order valence-corrected chi connectivity index (χ3v) is 9.59. The number of pyridine rings is 3. The number of fused-ring (bicyclic) bond motifs is 6. The van der Waals surface area contributed by atoms with Crippen molar-refractivity contribution in [2.75, 3.05) is 0 Å². The number of rotatable bonds is 5. The summed E-state index contributed by atoms with van der Waals surface area (Å²) in [6.07, 6.45) is 3.63. The number of benzene rings is 5. The molecule has 0 radical (unpaired) electrons. The van der Waals surface area contributed by atoms with Crippen LogP contribution in [-0.2, 0) is 0 Å². The van der Waals surface area contributed by atoms with E-state index in [1.54, 1.807) is 0 Å². The van der Waals surface area contributed by atoms with Crippen LogP contribution in [0.15, 0.2) is 176 Å². The second-order valence-electron chi connectivity index (χ2n) is 12.5. The molecule has 5 heterocycles. The lowest BCUT2D eigenvalue weighted by Gasteiger charge is -2.17. The van der Waals surface area contributed by atoms with Gasteiger partial charge in [-0.05, 0) is 90.0 Å². The van der Waals surface area contributed by atoms with Gasteiger partial charge in [0, 0.05) is 45.3 Å². The van der Waals surface area contributed by atoms with E-state index in [1.165, 1.54) is 21.5 Å². The number of hydrogen-bond acceptors (Lipinski definition) is 3. The van der Waals surface area contributed by atoms with E-state index in [0.29, 0.717) is 0 Å². The van der Waals surface area contributed by atoms with Crippen molar-refractivity contribution in [1.82, 2.24) is 24.1 Å². The highest BCUT2D eigenvalue weighted by Gasteiger charge is 2.18. The Kier molecular flexibility index (Phi) is 6.42. The molecule has 5 aromatic heterocycles. The smallest absolute Gasteiger partial charge is 0.0900 e. The number of nitrogens with zero attached hydrogens (tertiary/aromatic N) is 5. The molecule has 10 aromatic rings. The summed E-state index contributed by atoms with van der Waals surface area (Å²) < 4.78 is 4.79. The standard InChI is InChI=1S/C45H29N5/c1-5-19-42-34(13-1)35-14-2-6-20-43(35)49(42)32-25-30(26-33(29-32)50-44-21-7-3-15-36(44)37-16-4-8-22-45(37)50)31-27-40(38-17-9-11-23-46-38)48-41(28-31)39-18-10-12-24-47-39/h1-29H. The van der Waals surface area contributed by atoms with E-state index in [-0.39, 0.29) is 0 Å².